The topological polar surface area (TPSA) is 20.2 Å². The van der Waals surface area contributed by atoms with Crippen LogP contribution in [0.15, 0.2) is 0 Å². The molecule has 0 aromatic rings. The van der Waals surface area contributed by atoms with Crippen molar-refractivity contribution < 1.29 is 4.55 Å². The predicted molar refractivity (Wildman–Crippen MR) is 21.1 cm³/mol. The minimum atomic E-state index is 0.440. The molecular weight excluding hydrogens is 92.1 g/mol. The van der Waals surface area contributed by atoms with E-state index in [-0.39, 0.29) is 0 Å². The molecule has 0 rings (SSSR count). The van der Waals surface area contributed by atoms with Crippen LogP contribution in [0.4, 0.5) is 0 Å². The minimum Gasteiger partial charge on any atom is -0.321 e. The minimum absolute atomic E-state index is 0.440. The van der Waals surface area contributed by atoms with Crippen molar-refractivity contribution in [2.24, 2.45) is 0 Å². The number of hydrogen-bond donors (Lipinski definition) is 1. The lowest BCUT2D eigenvalue weighted by Gasteiger charge is -1.66. The second kappa shape index (κ2) is 3.66. The van der Waals surface area contributed by atoms with E-state index >= 15 is 0 Å². The first-order valence-corrected chi connectivity index (χ1v) is 2.66. The Balaban J connectivity index is 1.97. The summed E-state index contributed by atoms with van der Waals surface area (Å²) in [5.41, 5.74) is 0. The first kappa shape index (κ1) is 4.66. The van der Waals surface area contributed by atoms with Crippen LogP contribution in [-0.2, 0) is 0 Å². The summed E-state index contributed by atoms with van der Waals surface area (Å²) in [6.45, 7) is 0. The van der Waals surface area contributed by atoms with Gasteiger partial charge >= 0.3 is 0 Å². The first-order valence-electron chi connectivity index (χ1n) is 0.553. The van der Waals surface area contributed by atoms with Gasteiger partial charge in [-0.1, -0.05) is 10.8 Å². The second-order valence-electron chi connectivity index (χ2n) is 0.158. The van der Waals surface area contributed by atoms with Gasteiger partial charge in [0.15, 0.2) is 0 Å². The molecule has 0 atom stereocenters. The van der Waals surface area contributed by atoms with Gasteiger partial charge in [-0.25, -0.2) is 0 Å². The maximum Gasteiger partial charge on any atom is 0.0841 e. The average Bonchev–Trinajstić information content (AvgIpc) is 1.37. The molecule has 1 nitrogen and oxygen atoms in total. The molecule has 0 fully saturated rings. The molecule has 23 valence electrons. The van der Waals surface area contributed by atoms with E-state index in [2.05, 4.69) is 0 Å². The lowest BCUT2D eigenvalue weighted by atomic mass is 12.0. The molecule has 0 saturated heterocycles. The summed E-state index contributed by atoms with van der Waals surface area (Å²) < 4.78 is 7.57. The van der Waals surface area contributed by atoms with E-state index in [1.807, 2.05) is 0 Å². The molecule has 0 bridgehead atoms. The van der Waals surface area contributed by atoms with Crippen LogP contribution in [0.5, 0.6) is 0 Å². The SMILES string of the molecule is [C]SSO. The Hall–Kier alpha value is 0.660. The van der Waals surface area contributed by atoms with Crippen molar-refractivity contribution in [2.45, 2.75) is 0 Å². The van der Waals surface area contributed by atoms with Crippen molar-refractivity contribution >= 4 is 21.9 Å². The smallest absolute Gasteiger partial charge is 0.0841 e. The van der Waals surface area contributed by atoms with Gasteiger partial charge in [0.05, 0.1) is 17.3 Å². The van der Waals surface area contributed by atoms with Crippen molar-refractivity contribution in [3.63, 3.8) is 0 Å². The lowest BCUT2D eigenvalue weighted by Crippen LogP contribution is -1.25. The summed E-state index contributed by atoms with van der Waals surface area (Å²) in [6.07, 6.45) is 6.08. The van der Waals surface area contributed by atoms with Crippen LogP contribution < -0.4 is 0 Å². The van der Waals surface area contributed by atoms with Gasteiger partial charge < -0.3 is 4.55 Å². The Bertz CT molecular complexity index is 8.00. The van der Waals surface area contributed by atoms with E-state index < -0.39 is 0 Å². The Morgan fingerprint density at radius 2 is 2.00 bits per heavy atom. The third-order valence-corrected chi connectivity index (χ3v) is 0.335. The highest BCUT2D eigenvalue weighted by atomic mass is 33.1. The molecule has 0 unspecified atom stereocenters. The van der Waals surface area contributed by atoms with Crippen LogP contribution in [0.2, 0.25) is 0 Å². The van der Waals surface area contributed by atoms with Crippen LogP contribution >= 0.6 is 21.9 Å². The summed E-state index contributed by atoms with van der Waals surface area (Å²) in [7, 11) is 0.579. The highest BCUT2D eigenvalue weighted by molar-refractivity contribution is 8.75. The van der Waals surface area contributed by atoms with Crippen LogP contribution in [0.3, 0.4) is 0 Å². The maximum atomic E-state index is 7.57. The Morgan fingerprint density at radius 3 is 2.00 bits per heavy atom. The highest BCUT2D eigenvalue weighted by Crippen LogP contribution is 2.11. The Labute approximate surface area is 33.4 Å². The fraction of sp³-hybridized carbons (Fsp3) is 0. The van der Waals surface area contributed by atoms with Crippen molar-refractivity contribution in [1.82, 2.24) is 0 Å². The zero-order valence-corrected chi connectivity index (χ0v) is 3.40. The molecule has 0 spiro atoms. The molecule has 0 aliphatic rings. The molecule has 0 aliphatic heterocycles. The van der Waals surface area contributed by atoms with E-state index in [1.165, 1.54) is 0 Å². The quantitative estimate of drug-likeness (QED) is 0.390. The van der Waals surface area contributed by atoms with E-state index in [0.717, 1.165) is 0 Å². The summed E-state index contributed by atoms with van der Waals surface area (Å²) in [6, 6.07) is 0. The standard InChI is InChI=1S/CHOS2/c1-3-4-2/h2H. The van der Waals surface area contributed by atoms with Gasteiger partial charge in [0.25, 0.3) is 0 Å². The highest BCUT2D eigenvalue weighted by Gasteiger charge is 1.60. The Morgan fingerprint density at radius 1 is 1.75 bits per heavy atom. The van der Waals surface area contributed by atoms with Crippen LogP contribution in [0.25, 0.3) is 0 Å². The average molecular weight is 93.2 g/mol. The van der Waals surface area contributed by atoms with Gasteiger partial charge in [-0.05, 0) is 0 Å². The van der Waals surface area contributed by atoms with Crippen LogP contribution in [0.1, 0.15) is 0 Å². The summed E-state index contributed by atoms with van der Waals surface area (Å²) in [5.74, 6) is 0. The van der Waals surface area contributed by atoms with Gasteiger partial charge in [0.2, 0.25) is 0 Å². The van der Waals surface area contributed by atoms with Crippen molar-refractivity contribution in [1.29, 1.82) is 0 Å². The van der Waals surface area contributed by atoms with Gasteiger partial charge in [-0.15, -0.1) is 0 Å². The van der Waals surface area contributed by atoms with E-state index in [1.54, 1.807) is 0 Å². The predicted octanol–water partition coefficient (Wildman–Crippen LogP) is 1.39. The van der Waals surface area contributed by atoms with E-state index in [4.69, 9.17) is 10.8 Å². The molecule has 3 heteroatoms. The molecule has 3 radical (unpaired) electrons. The molecule has 4 heavy (non-hydrogen) atoms. The molecular formula is CHOS2. The fourth-order valence-corrected chi connectivity index (χ4v) is 0. The molecule has 0 heterocycles. The molecule has 0 saturated carbocycles. The lowest BCUT2D eigenvalue weighted by molar-refractivity contribution is 0.676. The molecule has 0 aliphatic carbocycles. The maximum absolute atomic E-state index is 7.57. The van der Waals surface area contributed by atoms with E-state index in [0.29, 0.717) is 21.9 Å². The Kier molecular flexibility index (Phi) is 4.26. The summed E-state index contributed by atoms with van der Waals surface area (Å²) >= 11 is 0.440. The monoisotopic (exact) mass is 92.9 g/mol. The zero-order chi connectivity index (χ0) is 3.41. The molecule has 1 N–H and O–H groups in total. The fourth-order valence-electron chi connectivity index (χ4n) is 0. The summed E-state index contributed by atoms with van der Waals surface area (Å²) in [5, 5.41) is 0. The van der Waals surface area contributed by atoms with Crippen LogP contribution in [0, 0.1) is 6.26 Å². The van der Waals surface area contributed by atoms with Gasteiger partial charge in [-0.3, -0.25) is 0 Å². The van der Waals surface area contributed by atoms with Gasteiger partial charge in [0, 0.05) is 0 Å². The largest absolute Gasteiger partial charge is 0.321 e. The van der Waals surface area contributed by atoms with Crippen LogP contribution in [-0.4, -0.2) is 4.55 Å². The number of rotatable bonds is 1. The third kappa shape index (κ3) is 2.66. The van der Waals surface area contributed by atoms with Crippen molar-refractivity contribution in [3.8, 4) is 0 Å². The second-order valence-corrected chi connectivity index (χ2v) is 1.42. The summed E-state index contributed by atoms with van der Waals surface area (Å²) in [4.78, 5) is 0. The molecule has 0 aromatic carbocycles. The van der Waals surface area contributed by atoms with Crippen molar-refractivity contribution in [3.05, 3.63) is 6.26 Å². The number of hydrogen-bond acceptors (Lipinski definition) is 3. The van der Waals surface area contributed by atoms with Gasteiger partial charge in [0.1, 0.15) is 0 Å². The third-order valence-electron chi connectivity index (χ3n) is 0.0373. The normalized spacial score (nSPS) is 7.50. The first-order chi connectivity index (χ1) is 1.91. The zero-order valence-electron chi connectivity index (χ0n) is 1.76. The van der Waals surface area contributed by atoms with Crippen molar-refractivity contribution in [2.75, 3.05) is 0 Å². The van der Waals surface area contributed by atoms with E-state index in [9.17, 15) is 0 Å². The molecule has 0 amide bonds. The van der Waals surface area contributed by atoms with Gasteiger partial charge in [-0.2, -0.15) is 0 Å². The molecule has 0 aromatic heterocycles.